The minimum Gasteiger partial charge on any atom is -0.309 e. The Labute approximate surface area is 207 Å². The Morgan fingerprint density at radius 3 is 1.49 bits per heavy atom. The molecule has 0 spiro atoms. The fourth-order valence-electron chi connectivity index (χ4n) is 5.72. The number of fused-ring (bicyclic) bond motifs is 3. The first-order valence-corrected chi connectivity index (χ1v) is 12.3. The predicted molar refractivity (Wildman–Crippen MR) is 151 cm³/mol. The molecule has 1 aromatic heterocycles. The first-order valence-electron chi connectivity index (χ1n) is 12.3. The van der Waals surface area contributed by atoms with Crippen molar-refractivity contribution in [1.82, 2.24) is 4.57 Å². The summed E-state index contributed by atoms with van der Waals surface area (Å²) in [5.41, 5.74) is 14.3. The lowest BCUT2D eigenvalue weighted by Gasteiger charge is -2.23. The van der Waals surface area contributed by atoms with Gasteiger partial charge in [0.1, 0.15) is 0 Å². The number of hydrogen-bond donors (Lipinski definition) is 0. The standard InChI is InChI=1S/C34H29N/c1-22-23(2)33(28-20-18-27(19-21-28)26-12-6-5-7-13-26)25(4)34(24(22)3)35-31-16-10-8-14-29(31)30-15-9-11-17-32(30)35/h5-21H,1-4H3. The van der Waals surface area contributed by atoms with Crippen LogP contribution in [-0.4, -0.2) is 4.57 Å². The van der Waals surface area contributed by atoms with Crippen LogP contribution in [0.2, 0.25) is 0 Å². The van der Waals surface area contributed by atoms with Gasteiger partial charge in [0, 0.05) is 10.8 Å². The average Bonchev–Trinajstić information content (AvgIpc) is 3.23. The summed E-state index contributed by atoms with van der Waals surface area (Å²) in [6.45, 7) is 9.10. The minimum atomic E-state index is 1.25. The third-order valence-electron chi connectivity index (χ3n) is 7.67. The van der Waals surface area contributed by atoms with Gasteiger partial charge in [0.05, 0.1) is 16.7 Å². The fraction of sp³-hybridized carbons (Fsp3) is 0.118. The van der Waals surface area contributed by atoms with E-state index in [4.69, 9.17) is 0 Å². The van der Waals surface area contributed by atoms with E-state index in [1.807, 2.05) is 0 Å². The van der Waals surface area contributed by atoms with Gasteiger partial charge < -0.3 is 4.57 Å². The maximum atomic E-state index is 2.48. The fourth-order valence-corrected chi connectivity index (χ4v) is 5.72. The number of benzene rings is 5. The summed E-state index contributed by atoms with van der Waals surface area (Å²) in [4.78, 5) is 0. The van der Waals surface area contributed by atoms with Crippen molar-refractivity contribution in [3.63, 3.8) is 0 Å². The molecule has 6 aromatic rings. The molecule has 0 unspecified atom stereocenters. The second-order valence-electron chi connectivity index (χ2n) is 9.54. The SMILES string of the molecule is Cc1c(C)c(-c2ccc(-c3ccccc3)cc2)c(C)c(-n2c3ccccc3c3ccccc32)c1C. The highest BCUT2D eigenvalue weighted by atomic mass is 15.0. The highest BCUT2D eigenvalue weighted by Crippen LogP contribution is 2.40. The molecule has 1 heterocycles. The van der Waals surface area contributed by atoms with Crippen LogP contribution in [-0.2, 0) is 0 Å². The molecule has 0 aliphatic carbocycles. The topological polar surface area (TPSA) is 4.93 Å². The van der Waals surface area contributed by atoms with Gasteiger partial charge in [-0.2, -0.15) is 0 Å². The van der Waals surface area contributed by atoms with Crippen LogP contribution in [0, 0.1) is 27.7 Å². The van der Waals surface area contributed by atoms with Crippen molar-refractivity contribution in [2.45, 2.75) is 27.7 Å². The average molecular weight is 452 g/mol. The Hall–Kier alpha value is -4.10. The van der Waals surface area contributed by atoms with Crippen LogP contribution in [0.5, 0.6) is 0 Å². The smallest absolute Gasteiger partial charge is 0.0541 e. The summed E-state index contributed by atoms with van der Waals surface area (Å²) in [6, 6.07) is 37.2. The molecule has 0 saturated carbocycles. The van der Waals surface area contributed by atoms with Crippen LogP contribution in [0.4, 0.5) is 0 Å². The van der Waals surface area contributed by atoms with E-state index in [0.717, 1.165) is 0 Å². The normalized spacial score (nSPS) is 11.4. The van der Waals surface area contributed by atoms with Crippen LogP contribution in [0.25, 0.3) is 49.7 Å². The third kappa shape index (κ3) is 3.31. The second kappa shape index (κ2) is 8.29. The third-order valence-corrected chi connectivity index (χ3v) is 7.67. The molecule has 0 atom stereocenters. The van der Waals surface area contributed by atoms with Crippen molar-refractivity contribution in [2.24, 2.45) is 0 Å². The van der Waals surface area contributed by atoms with Crippen LogP contribution in [0.3, 0.4) is 0 Å². The molecule has 0 radical (unpaired) electrons. The molecular formula is C34H29N. The first-order chi connectivity index (χ1) is 17.1. The van der Waals surface area contributed by atoms with Crippen LogP contribution in [0.15, 0.2) is 103 Å². The highest BCUT2D eigenvalue weighted by Gasteiger charge is 2.21. The molecule has 0 fully saturated rings. The van der Waals surface area contributed by atoms with E-state index >= 15 is 0 Å². The minimum absolute atomic E-state index is 1.25. The Balaban J connectivity index is 1.62. The molecule has 6 rings (SSSR count). The summed E-state index contributed by atoms with van der Waals surface area (Å²) in [5.74, 6) is 0. The maximum Gasteiger partial charge on any atom is 0.0541 e. The van der Waals surface area contributed by atoms with Gasteiger partial charge in [-0.1, -0.05) is 91.0 Å². The zero-order valence-electron chi connectivity index (χ0n) is 20.8. The monoisotopic (exact) mass is 451 g/mol. The molecule has 35 heavy (non-hydrogen) atoms. The quantitative estimate of drug-likeness (QED) is 0.252. The van der Waals surface area contributed by atoms with E-state index in [9.17, 15) is 0 Å². The van der Waals surface area contributed by atoms with Crippen LogP contribution in [0.1, 0.15) is 22.3 Å². The van der Waals surface area contributed by atoms with Crippen LogP contribution < -0.4 is 0 Å². The Morgan fingerprint density at radius 1 is 0.400 bits per heavy atom. The number of rotatable bonds is 3. The summed E-state index contributed by atoms with van der Waals surface area (Å²) in [7, 11) is 0. The van der Waals surface area contributed by atoms with E-state index in [2.05, 4.69) is 135 Å². The Morgan fingerprint density at radius 2 is 0.886 bits per heavy atom. The van der Waals surface area contributed by atoms with Crippen molar-refractivity contribution in [3.05, 3.63) is 125 Å². The summed E-state index contributed by atoms with van der Waals surface area (Å²) >= 11 is 0. The molecule has 0 saturated heterocycles. The maximum absolute atomic E-state index is 2.48. The molecule has 1 heteroatoms. The van der Waals surface area contributed by atoms with Crippen molar-refractivity contribution >= 4 is 21.8 Å². The van der Waals surface area contributed by atoms with Gasteiger partial charge in [-0.3, -0.25) is 0 Å². The molecule has 5 aromatic carbocycles. The molecule has 1 nitrogen and oxygen atoms in total. The molecule has 170 valence electrons. The number of hydrogen-bond acceptors (Lipinski definition) is 0. The Bertz CT molecular complexity index is 1650. The summed E-state index contributed by atoms with van der Waals surface area (Å²) in [5, 5.41) is 2.60. The second-order valence-corrected chi connectivity index (χ2v) is 9.54. The van der Waals surface area contributed by atoms with Gasteiger partial charge in [0.2, 0.25) is 0 Å². The van der Waals surface area contributed by atoms with Crippen molar-refractivity contribution in [1.29, 1.82) is 0 Å². The highest BCUT2D eigenvalue weighted by molar-refractivity contribution is 6.09. The van der Waals surface area contributed by atoms with Crippen molar-refractivity contribution < 1.29 is 0 Å². The lowest BCUT2D eigenvalue weighted by atomic mass is 9.87. The van der Waals surface area contributed by atoms with E-state index in [0.29, 0.717) is 0 Å². The van der Waals surface area contributed by atoms with Gasteiger partial charge in [0.25, 0.3) is 0 Å². The zero-order valence-corrected chi connectivity index (χ0v) is 20.8. The van der Waals surface area contributed by atoms with Gasteiger partial charge in [-0.25, -0.2) is 0 Å². The van der Waals surface area contributed by atoms with Gasteiger partial charge in [-0.05, 0) is 84.3 Å². The Kier molecular flexibility index (Phi) is 5.07. The van der Waals surface area contributed by atoms with E-state index in [1.54, 1.807) is 0 Å². The summed E-state index contributed by atoms with van der Waals surface area (Å²) in [6.07, 6.45) is 0. The molecular weight excluding hydrogens is 422 g/mol. The lowest BCUT2D eigenvalue weighted by molar-refractivity contribution is 1.09. The molecule has 0 aliphatic rings. The number of aromatic nitrogens is 1. The number of nitrogens with zero attached hydrogens (tertiary/aromatic N) is 1. The molecule has 0 aliphatic heterocycles. The lowest BCUT2D eigenvalue weighted by Crippen LogP contribution is -2.06. The molecule has 0 bridgehead atoms. The van der Waals surface area contributed by atoms with Crippen LogP contribution >= 0.6 is 0 Å². The molecule has 0 amide bonds. The predicted octanol–water partition coefficient (Wildman–Crippen LogP) is 9.35. The van der Waals surface area contributed by atoms with E-state index in [-0.39, 0.29) is 0 Å². The van der Waals surface area contributed by atoms with Gasteiger partial charge >= 0.3 is 0 Å². The van der Waals surface area contributed by atoms with Gasteiger partial charge in [-0.15, -0.1) is 0 Å². The van der Waals surface area contributed by atoms with Crippen molar-refractivity contribution in [2.75, 3.05) is 0 Å². The molecule has 0 N–H and O–H groups in total. The van der Waals surface area contributed by atoms with E-state index in [1.165, 1.54) is 72.0 Å². The zero-order chi connectivity index (χ0) is 24.1. The van der Waals surface area contributed by atoms with E-state index < -0.39 is 0 Å². The largest absolute Gasteiger partial charge is 0.309 e. The number of para-hydroxylation sites is 2. The summed E-state index contributed by atoms with van der Waals surface area (Å²) < 4.78 is 2.48. The van der Waals surface area contributed by atoms with Gasteiger partial charge in [0.15, 0.2) is 0 Å². The first kappa shape index (κ1) is 21.4. The van der Waals surface area contributed by atoms with Crippen molar-refractivity contribution in [3.8, 4) is 27.9 Å².